The van der Waals surface area contributed by atoms with Crippen molar-refractivity contribution in [3.63, 3.8) is 0 Å². The van der Waals surface area contributed by atoms with Gasteiger partial charge in [-0.2, -0.15) is 0 Å². The number of esters is 1. The number of hydrogen-bond acceptors (Lipinski definition) is 2. The van der Waals surface area contributed by atoms with Crippen LogP contribution in [0.4, 0.5) is 0 Å². The van der Waals surface area contributed by atoms with Gasteiger partial charge in [-0.3, -0.25) is 0 Å². The van der Waals surface area contributed by atoms with E-state index in [9.17, 15) is 4.79 Å². The van der Waals surface area contributed by atoms with Gasteiger partial charge in [-0.15, -0.1) is 0 Å². The minimum absolute atomic E-state index is 0.0199. The van der Waals surface area contributed by atoms with E-state index in [0.717, 1.165) is 48.3 Å². The Morgan fingerprint density at radius 2 is 1.88 bits per heavy atom. The van der Waals surface area contributed by atoms with E-state index in [2.05, 4.69) is 54.2 Å². The second-order valence-corrected chi connectivity index (χ2v) is 13.8. The summed E-state index contributed by atoms with van der Waals surface area (Å²) in [6.07, 6.45) is 15.7. The first-order chi connectivity index (χ1) is 16.0. The highest BCUT2D eigenvalue weighted by Crippen LogP contribution is 2.68. The van der Waals surface area contributed by atoms with Crippen LogP contribution in [-0.4, -0.2) is 12.1 Å². The van der Waals surface area contributed by atoms with Crippen molar-refractivity contribution >= 4 is 5.97 Å². The lowest BCUT2D eigenvalue weighted by Gasteiger charge is -2.60. The molecule has 0 amide bonds. The fourth-order valence-corrected chi connectivity index (χ4v) is 9.42. The van der Waals surface area contributed by atoms with Gasteiger partial charge in [0.25, 0.3) is 0 Å². The van der Waals surface area contributed by atoms with E-state index in [0.29, 0.717) is 16.9 Å². The van der Waals surface area contributed by atoms with Crippen molar-refractivity contribution in [2.75, 3.05) is 0 Å². The van der Waals surface area contributed by atoms with Gasteiger partial charge >= 0.3 is 5.97 Å². The summed E-state index contributed by atoms with van der Waals surface area (Å²) >= 11 is 0. The van der Waals surface area contributed by atoms with Crippen molar-refractivity contribution in [3.05, 3.63) is 23.8 Å². The Balaban J connectivity index is 1.49. The van der Waals surface area contributed by atoms with Gasteiger partial charge in [-0.1, -0.05) is 79.0 Å². The molecule has 0 aromatic rings. The number of fused-ring (bicyclic) bond motifs is 5. The predicted octanol–water partition coefficient (Wildman–Crippen LogP) is 8.76. The van der Waals surface area contributed by atoms with Gasteiger partial charge in [0.15, 0.2) is 0 Å². The summed E-state index contributed by atoms with van der Waals surface area (Å²) in [6.45, 7) is 20.5. The van der Waals surface area contributed by atoms with E-state index in [4.69, 9.17) is 4.74 Å². The first kappa shape index (κ1) is 26.0. The third kappa shape index (κ3) is 4.45. The van der Waals surface area contributed by atoms with Gasteiger partial charge in [-0.05, 0) is 97.7 Å². The number of allylic oxidation sites excluding steroid dienone is 1. The van der Waals surface area contributed by atoms with Gasteiger partial charge in [0.05, 0.1) is 0 Å². The zero-order valence-electron chi connectivity index (χ0n) is 23.3. The molecule has 2 nitrogen and oxygen atoms in total. The number of rotatable bonds is 7. The Hall–Kier alpha value is -1.05. The quantitative estimate of drug-likeness (QED) is 0.212. The molecule has 0 aromatic heterocycles. The fourth-order valence-electron chi connectivity index (χ4n) is 9.42. The van der Waals surface area contributed by atoms with Crippen LogP contribution in [0.5, 0.6) is 0 Å². The maximum Gasteiger partial charge on any atom is 0.333 e. The van der Waals surface area contributed by atoms with Gasteiger partial charge in [0.2, 0.25) is 0 Å². The normalized spacial score (nSPS) is 42.3. The Morgan fingerprint density at radius 3 is 2.56 bits per heavy atom. The highest BCUT2D eigenvalue weighted by atomic mass is 16.5. The average Bonchev–Trinajstić information content (AvgIpc) is 3.11. The van der Waals surface area contributed by atoms with Crippen molar-refractivity contribution in [1.29, 1.82) is 0 Å². The molecule has 0 aromatic carbocycles. The molecule has 0 saturated heterocycles. The SMILES string of the molecule is C=C(C)C(=O)O[C@@H]1CC2=CC[C@H]3[C@@H]4CC[C@H]([C@H](C)CCCC(C)C)[C@@]4(C)CC[C@@H]3[C@@]2(C)C(C)C1. The molecule has 0 heterocycles. The van der Waals surface area contributed by atoms with Crippen LogP contribution in [0, 0.1) is 52.3 Å². The zero-order chi connectivity index (χ0) is 24.8. The first-order valence-corrected chi connectivity index (χ1v) is 14.5. The maximum atomic E-state index is 12.2. The molecule has 2 heteroatoms. The summed E-state index contributed by atoms with van der Waals surface area (Å²) < 4.78 is 5.85. The fraction of sp³-hybridized carbons (Fsp3) is 0.844. The van der Waals surface area contributed by atoms with E-state index in [1.165, 1.54) is 51.4 Å². The molecular formula is C32H52O2. The van der Waals surface area contributed by atoms with Gasteiger partial charge in [0, 0.05) is 12.0 Å². The van der Waals surface area contributed by atoms with Crippen LogP contribution in [0.15, 0.2) is 23.8 Å². The molecule has 0 aliphatic heterocycles. The summed E-state index contributed by atoms with van der Waals surface area (Å²) in [5, 5.41) is 0. The van der Waals surface area contributed by atoms with Crippen molar-refractivity contribution in [1.82, 2.24) is 0 Å². The number of hydrogen-bond donors (Lipinski definition) is 0. The van der Waals surface area contributed by atoms with Crippen LogP contribution in [0.3, 0.4) is 0 Å². The number of ether oxygens (including phenoxy) is 1. The summed E-state index contributed by atoms with van der Waals surface area (Å²) in [6, 6.07) is 0. The molecule has 0 bridgehead atoms. The van der Waals surface area contributed by atoms with E-state index in [1.807, 2.05) is 0 Å². The second-order valence-electron chi connectivity index (χ2n) is 13.8. The summed E-state index contributed by atoms with van der Waals surface area (Å²) in [4.78, 5) is 12.2. The molecule has 4 aliphatic rings. The molecule has 0 radical (unpaired) electrons. The molecule has 1 unspecified atom stereocenters. The zero-order valence-corrected chi connectivity index (χ0v) is 23.3. The molecule has 4 rings (SSSR count). The second kappa shape index (κ2) is 9.78. The van der Waals surface area contributed by atoms with Crippen LogP contribution in [0.25, 0.3) is 0 Å². The van der Waals surface area contributed by atoms with Gasteiger partial charge in [0.1, 0.15) is 6.10 Å². The number of carbonyl (C=O) groups is 1. The standard InChI is InChI=1S/C32H52O2/c1-20(2)10-9-11-22(5)27-14-15-28-26-13-12-24-19-25(34-30(33)21(3)4)18-23(6)32(24,8)29(26)16-17-31(27,28)7/h12,20,22-23,25-29H,3,9-11,13-19H2,1-2,4-8H3/t22-,23?,25+,26+,27-,28+,29+,31-,32+/m1/s1. The van der Waals surface area contributed by atoms with Gasteiger partial charge in [-0.25, -0.2) is 4.79 Å². The smallest absolute Gasteiger partial charge is 0.333 e. The lowest BCUT2D eigenvalue weighted by molar-refractivity contribution is -0.148. The molecule has 4 aliphatic carbocycles. The van der Waals surface area contributed by atoms with Gasteiger partial charge < -0.3 is 4.74 Å². The Bertz CT molecular complexity index is 808. The van der Waals surface area contributed by atoms with Crippen LogP contribution < -0.4 is 0 Å². The van der Waals surface area contributed by atoms with Crippen LogP contribution in [-0.2, 0) is 9.53 Å². The summed E-state index contributed by atoms with van der Waals surface area (Å²) in [5.74, 6) is 5.49. The topological polar surface area (TPSA) is 26.3 Å². The van der Waals surface area contributed by atoms with Crippen molar-refractivity contribution < 1.29 is 9.53 Å². The third-order valence-electron chi connectivity index (χ3n) is 11.4. The molecular weight excluding hydrogens is 416 g/mol. The highest BCUT2D eigenvalue weighted by Gasteiger charge is 2.60. The minimum atomic E-state index is -0.219. The largest absolute Gasteiger partial charge is 0.459 e. The molecule has 9 atom stereocenters. The van der Waals surface area contributed by atoms with E-state index in [-0.39, 0.29) is 17.5 Å². The average molecular weight is 469 g/mol. The van der Waals surface area contributed by atoms with Crippen LogP contribution >= 0.6 is 0 Å². The molecule has 3 saturated carbocycles. The van der Waals surface area contributed by atoms with Crippen LogP contribution in [0.1, 0.15) is 113 Å². The first-order valence-electron chi connectivity index (χ1n) is 14.5. The van der Waals surface area contributed by atoms with E-state index < -0.39 is 0 Å². The highest BCUT2D eigenvalue weighted by molar-refractivity contribution is 5.87. The lowest BCUT2D eigenvalue weighted by atomic mass is 9.45. The number of carbonyl (C=O) groups excluding carboxylic acids is 1. The van der Waals surface area contributed by atoms with Crippen molar-refractivity contribution in [2.45, 2.75) is 119 Å². The van der Waals surface area contributed by atoms with Crippen LogP contribution in [0.2, 0.25) is 0 Å². The molecule has 0 N–H and O–H groups in total. The van der Waals surface area contributed by atoms with E-state index >= 15 is 0 Å². The minimum Gasteiger partial charge on any atom is -0.459 e. The molecule has 3 fully saturated rings. The summed E-state index contributed by atoms with van der Waals surface area (Å²) in [5.41, 5.74) is 2.92. The summed E-state index contributed by atoms with van der Waals surface area (Å²) in [7, 11) is 0. The maximum absolute atomic E-state index is 12.2. The van der Waals surface area contributed by atoms with Crippen molar-refractivity contribution in [2.24, 2.45) is 52.3 Å². The Morgan fingerprint density at radius 1 is 1.15 bits per heavy atom. The predicted molar refractivity (Wildman–Crippen MR) is 142 cm³/mol. The Kier molecular flexibility index (Phi) is 7.48. The van der Waals surface area contributed by atoms with E-state index in [1.54, 1.807) is 12.5 Å². The monoisotopic (exact) mass is 468 g/mol. The molecule has 0 spiro atoms. The van der Waals surface area contributed by atoms with Crippen molar-refractivity contribution in [3.8, 4) is 0 Å². The third-order valence-corrected chi connectivity index (χ3v) is 11.4. The lowest BCUT2D eigenvalue weighted by Crippen LogP contribution is -2.53. The molecule has 34 heavy (non-hydrogen) atoms. The molecule has 192 valence electrons. The Labute approximate surface area is 210 Å².